The molecule has 2 N–H and O–H groups in total. The first-order chi connectivity index (χ1) is 10.1. The van der Waals surface area contributed by atoms with E-state index in [9.17, 15) is 4.39 Å². The minimum absolute atomic E-state index is 0.166. The summed E-state index contributed by atoms with van der Waals surface area (Å²) >= 11 is 0. The number of benzene rings is 2. The number of hydrogen-bond acceptors (Lipinski definition) is 2. The number of halogens is 1. The van der Waals surface area contributed by atoms with Crippen molar-refractivity contribution in [2.24, 2.45) is 5.73 Å². The Bertz CT molecular complexity index is 578. The van der Waals surface area contributed by atoms with Crippen LogP contribution in [-0.2, 0) is 26.1 Å². The SMILES string of the molecule is CCc1ccc(CN(C)Cc2cc(CN)ccc2F)cc1. The second-order valence-corrected chi connectivity index (χ2v) is 5.47. The van der Waals surface area contributed by atoms with Gasteiger partial charge in [-0.05, 0) is 36.2 Å². The van der Waals surface area contributed by atoms with Crippen molar-refractivity contribution in [1.29, 1.82) is 0 Å². The van der Waals surface area contributed by atoms with Crippen molar-refractivity contribution in [2.45, 2.75) is 33.0 Å². The minimum atomic E-state index is -0.166. The van der Waals surface area contributed by atoms with E-state index < -0.39 is 0 Å². The molecule has 2 rings (SSSR count). The third-order valence-corrected chi connectivity index (χ3v) is 3.67. The van der Waals surface area contributed by atoms with Crippen LogP contribution in [0.1, 0.15) is 29.2 Å². The molecule has 0 unspecified atom stereocenters. The molecule has 0 aliphatic heterocycles. The van der Waals surface area contributed by atoms with Gasteiger partial charge in [0.2, 0.25) is 0 Å². The quantitative estimate of drug-likeness (QED) is 0.881. The van der Waals surface area contributed by atoms with Crippen molar-refractivity contribution in [1.82, 2.24) is 4.90 Å². The molecule has 0 bridgehead atoms. The fourth-order valence-electron chi connectivity index (χ4n) is 2.41. The molecule has 112 valence electrons. The summed E-state index contributed by atoms with van der Waals surface area (Å²) in [6.45, 7) is 3.97. The Morgan fingerprint density at radius 2 is 1.57 bits per heavy atom. The molecule has 0 radical (unpaired) electrons. The first-order valence-corrected chi connectivity index (χ1v) is 7.36. The van der Waals surface area contributed by atoms with Crippen molar-refractivity contribution < 1.29 is 4.39 Å². The molecule has 0 aromatic heterocycles. The van der Waals surface area contributed by atoms with E-state index in [0.29, 0.717) is 18.7 Å². The van der Waals surface area contributed by atoms with Gasteiger partial charge in [0.1, 0.15) is 5.82 Å². The number of hydrogen-bond donors (Lipinski definition) is 1. The third-order valence-electron chi connectivity index (χ3n) is 3.67. The fourth-order valence-corrected chi connectivity index (χ4v) is 2.41. The van der Waals surface area contributed by atoms with Gasteiger partial charge in [0, 0.05) is 25.2 Å². The lowest BCUT2D eigenvalue weighted by atomic mass is 10.1. The van der Waals surface area contributed by atoms with Crippen LogP contribution < -0.4 is 5.73 Å². The van der Waals surface area contributed by atoms with Crippen LogP contribution in [0.2, 0.25) is 0 Å². The van der Waals surface area contributed by atoms with E-state index in [0.717, 1.165) is 18.5 Å². The lowest BCUT2D eigenvalue weighted by Gasteiger charge is -2.18. The summed E-state index contributed by atoms with van der Waals surface area (Å²) in [5, 5.41) is 0. The van der Waals surface area contributed by atoms with Gasteiger partial charge >= 0.3 is 0 Å². The Balaban J connectivity index is 2.02. The molecule has 0 atom stereocenters. The van der Waals surface area contributed by atoms with Gasteiger partial charge in [-0.15, -0.1) is 0 Å². The average molecular weight is 286 g/mol. The Hall–Kier alpha value is -1.71. The largest absolute Gasteiger partial charge is 0.326 e. The van der Waals surface area contributed by atoms with Crippen LogP contribution in [-0.4, -0.2) is 11.9 Å². The van der Waals surface area contributed by atoms with Crippen LogP contribution in [0.25, 0.3) is 0 Å². The zero-order valence-corrected chi connectivity index (χ0v) is 12.8. The second kappa shape index (κ2) is 7.34. The second-order valence-electron chi connectivity index (χ2n) is 5.47. The minimum Gasteiger partial charge on any atom is -0.326 e. The number of nitrogens with two attached hydrogens (primary N) is 1. The molecule has 0 fully saturated rings. The molecular formula is C18H23FN2. The highest BCUT2D eigenvalue weighted by molar-refractivity contribution is 5.26. The Labute approximate surface area is 126 Å². The molecule has 0 aliphatic rings. The summed E-state index contributed by atoms with van der Waals surface area (Å²) in [6.07, 6.45) is 1.05. The van der Waals surface area contributed by atoms with E-state index in [1.165, 1.54) is 17.2 Å². The molecule has 3 heteroatoms. The summed E-state index contributed by atoms with van der Waals surface area (Å²) in [7, 11) is 2.00. The summed E-state index contributed by atoms with van der Waals surface area (Å²) < 4.78 is 13.8. The predicted octanol–water partition coefficient (Wildman–Crippen LogP) is 3.48. The monoisotopic (exact) mass is 286 g/mol. The molecule has 2 aromatic rings. The van der Waals surface area contributed by atoms with Gasteiger partial charge in [-0.3, -0.25) is 4.90 Å². The fraction of sp³-hybridized carbons (Fsp3) is 0.333. The standard InChI is InChI=1S/C18H23FN2/c1-3-14-4-6-15(7-5-14)12-21(2)13-17-10-16(11-20)8-9-18(17)19/h4-10H,3,11-13,20H2,1-2H3. The van der Waals surface area contributed by atoms with Gasteiger partial charge in [0.05, 0.1) is 0 Å². The van der Waals surface area contributed by atoms with Gasteiger partial charge in [-0.1, -0.05) is 43.3 Å². The van der Waals surface area contributed by atoms with Gasteiger partial charge in [0.25, 0.3) is 0 Å². The molecule has 0 heterocycles. The van der Waals surface area contributed by atoms with Crippen LogP contribution in [0.5, 0.6) is 0 Å². The van der Waals surface area contributed by atoms with Crippen molar-refractivity contribution in [3.8, 4) is 0 Å². The van der Waals surface area contributed by atoms with Crippen molar-refractivity contribution >= 4 is 0 Å². The highest BCUT2D eigenvalue weighted by Gasteiger charge is 2.07. The van der Waals surface area contributed by atoms with Gasteiger partial charge in [-0.2, -0.15) is 0 Å². The third kappa shape index (κ3) is 4.38. The summed E-state index contributed by atoms with van der Waals surface area (Å²) in [4.78, 5) is 2.11. The van der Waals surface area contributed by atoms with E-state index in [4.69, 9.17) is 5.73 Å². The van der Waals surface area contributed by atoms with Crippen molar-refractivity contribution in [3.63, 3.8) is 0 Å². The Morgan fingerprint density at radius 3 is 2.19 bits per heavy atom. The molecule has 0 aliphatic carbocycles. The summed E-state index contributed by atoms with van der Waals surface area (Å²) in [6, 6.07) is 13.7. The zero-order valence-electron chi connectivity index (χ0n) is 12.8. The summed E-state index contributed by atoms with van der Waals surface area (Å²) in [5.74, 6) is -0.166. The van der Waals surface area contributed by atoms with Gasteiger partial charge in [-0.25, -0.2) is 4.39 Å². The average Bonchev–Trinajstić information content (AvgIpc) is 2.50. The molecule has 2 nitrogen and oxygen atoms in total. The Morgan fingerprint density at radius 1 is 0.952 bits per heavy atom. The molecule has 0 amide bonds. The first-order valence-electron chi connectivity index (χ1n) is 7.36. The molecule has 2 aromatic carbocycles. The van der Waals surface area contributed by atoms with E-state index in [2.05, 4.69) is 36.1 Å². The van der Waals surface area contributed by atoms with Crippen molar-refractivity contribution in [2.75, 3.05) is 7.05 Å². The number of nitrogens with zero attached hydrogens (tertiary/aromatic N) is 1. The van der Waals surface area contributed by atoms with Crippen LogP contribution in [0.3, 0.4) is 0 Å². The van der Waals surface area contributed by atoms with Crippen LogP contribution in [0, 0.1) is 5.82 Å². The van der Waals surface area contributed by atoms with Gasteiger partial charge in [0.15, 0.2) is 0 Å². The lowest BCUT2D eigenvalue weighted by molar-refractivity contribution is 0.313. The molecule has 21 heavy (non-hydrogen) atoms. The number of rotatable bonds is 6. The Kier molecular flexibility index (Phi) is 5.48. The van der Waals surface area contributed by atoms with Crippen LogP contribution in [0.4, 0.5) is 4.39 Å². The highest BCUT2D eigenvalue weighted by atomic mass is 19.1. The van der Waals surface area contributed by atoms with E-state index in [1.54, 1.807) is 6.07 Å². The van der Waals surface area contributed by atoms with E-state index in [1.807, 2.05) is 13.1 Å². The molecule has 0 saturated heterocycles. The lowest BCUT2D eigenvalue weighted by Crippen LogP contribution is -2.18. The summed E-state index contributed by atoms with van der Waals surface area (Å²) in [5.41, 5.74) is 9.86. The van der Waals surface area contributed by atoms with E-state index >= 15 is 0 Å². The molecular weight excluding hydrogens is 263 g/mol. The van der Waals surface area contributed by atoms with E-state index in [-0.39, 0.29) is 5.82 Å². The number of aryl methyl sites for hydroxylation is 1. The van der Waals surface area contributed by atoms with Crippen molar-refractivity contribution in [3.05, 3.63) is 70.5 Å². The van der Waals surface area contributed by atoms with Crippen LogP contribution >= 0.6 is 0 Å². The zero-order chi connectivity index (χ0) is 15.2. The molecule has 0 saturated carbocycles. The normalized spacial score (nSPS) is 11.1. The maximum atomic E-state index is 13.8. The first kappa shape index (κ1) is 15.7. The maximum Gasteiger partial charge on any atom is 0.127 e. The predicted molar refractivity (Wildman–Crippen MR) is 85.3 cm³/mol. The van der Waals surface area contributed by atoms with Gasteiger partial charge < -0.3 is 5.73 Å². The maximum absolute atomic E-state index is 13.8. The van der Waals surface area contributed by atoms with Crippen LogP contribution in [0.15, 0.2) is 42.5 Å². The highest BCUT2D eigenvalue weighted by Crippen LogP contribution is 2.14. The topological polar surface area (TPSA) is 29.3 Å². The molecule has 0 spiro atoms. The smallest absolute Gasteiger partial charge is 0.127 e.